The first-order valence-electron chi connectivity index (χ1n) is 7.16. The number of carbonyl (C=O) groups excluding carboxylic acids is 1. The van der Waals surface area contributed by atoms with E-state index in [1.54, 1.807) is 13.0 Å². The van der Waals surface area contributed by atoms with Crippen molar-refractivity contribution in [3.05, 3.63) is 23.5 Å². The van der Waals surface area contributed by atoms with E-state index in [4.69, 9.17) is 4.52 Å². The van der Waals surface area contributed by atoms with E-state index in [1.807, 2.05) is 13.8 Å². The number of pyridine rings is 1. The lowest BCUT2D eigenvalue weighted by Crippen LogP contribution is -2.39. The second kappa shape index (κ2) is 6.22. The summed E-state index contributed by atoms with van der Waals surface area (Å²) < 4.78 is 5.02. The van der Waals surface area contributed by atoms with Crippen LogP contribution in [0.1, 0.15) is 42.7 Å². The number of carbonyl (C=O) groups is 1. The highest BCUT2D eigenvalue weighted by Gasteiger charge is 2.26. The molecule has 0 bridgehead atoms. The molecule has 0 atom stereocenters. The van der Waals surface area contributed by atoms with Gasteiger partial charge in [0.15, 0.2) is 0 Å². The molecule has 2 aromatic rings. The van der Waals surface area contributed by atoms with Crippen molar-refractivity contribution in [2.45, 2.75) is 33.6 Å². The average Bonchev–Trinajstić information content (AvgIpc) is 2.90. The Morgan fingerprint density at radius 3 is 2.76 bits per heavy atom. The molecule has 0 saturated heterocycles. The van der Waals surface area contributed by atoms with Crippen LogP contribution in [-0.4, -0.2) is 34.3 Å². The zero-order valence-corrected chi connectivity index (χ0v) is 12.6. The van der Waals surface area contributed by atoms with Crippen LogP contribution in [0.2, 0.25) is 0 Å². The second-order valence-electron chi connectivity index (χ2n) is 5.39. The molecule has 0 aliphatic heterocycles. The van der Waals surface area contributed by atoms with Gasteiger partial charge in [0.2, 0.25) is 0 Å². The molecule has 0 unspecified atom stereocenters. The van der Waals surface area contributed by atoms with Gasteiger partial charge in [0.05, 0.1) is 23.3 Å². The van der Waals surface area contributed by atoms with Crippen molar-refractivity contribution < 1.29 is 14.4 Å². The van der Waals surface area contributed by atoms with Crippen LogP contribution in [0.15, 0.2) is 16.8 Å². The van der Waals surface area contributed by atoms with Gasteiger partial charge in [0, 0.05) is 18.2 Å². The molecular formula is C15H21N3O3. The minimum Gasteiger partial charge on any atom is -0.396 e. The van der Waals surface area contributed by atoms with Gasteiger partial charge in [0.1, 0.15) is 0 Å². The van der Waals surface area contributed by atoms with Crippen LogP contribution in [-0.2, 0) is 0 Å². The Labute approximate surface area is 123 Å². The van der Waals surface area contributed by atoms with E-state index in [1.165, 1.54) is 6.20 Å². The van der Waals surface area contributed by atoms with Crippen molar-refractivity contribution in [3.8, 4) is 0 Å². The highest BCUT2D eigenvalue weighted by Crippen LogP contribution is 2.24. The van der Waals surface area contributed by atoms with Crippen molar-refractivity contribution in [1.82, 2.24) is 15.5 Å². The number of rotatable bonds is 6. The predicted octanol–water partition coefficient (Wildman–Crippen LogP) is 2.06. The molecule has 0 spiro atoms. The van der Waals surface area contributed by atoms with Crippen molar-refractivity contribution in [2.75, 3.05) is 13.2 Å². The summed E-state index contributed by atoms with van der Waals surface area (Å²) in [6, 6.07) is 1.72. The summed E-state index contributed by atoms with van der Waals surface area (Å²) in [5, 5.41) is 17.0. The highest BCUT2D eigenvalue weighted by molar-refractivity contribution is 5.96. The zero-order valence-electron chi connectivity index (χ0n) is 12.6. The van der Waals surface area contributed by atoms with Crippen molar-refractivity contribution in [3.63, 3.8) is 0 Å². The molecule has 2 rings (SSSR count). The standard InChI is InChI=1S/C15H21N3O3/c1-4-15(5-2,9-19)8-17-13(20)11-6-12-10(3)18-21-14(12)16-7-11/h6-7,19H,4-5,8-9H2,1-3H3,(H,17,20). The summed E-state index contributed by atoms with van der Waals surface area (Å²) in [5.74, 6) is -0.204. The Kier molecular flexibility index (Phi) is 4.57. The molecule has 0 aromatic carbocycles. The Morgan fingerprint density at radius 2 is 2.14 bits per heavy atom. The molecule has 0 radical (unpaired) electrons. The summed E-state index contributed by atoms with van der Waals surface area (Å²) >= 11 is 0. The molecular weight excluding hydrogens is 270 g/mol. The monoisotopic (exact) mass is 291 g/mol. The average molecular weight is 291 g/mol. The van der Waals surface area contributed by atoms with E-state index in [9.17, 15) is 9.90 Å². The fraction of sp³-hybridized carbons (Fsp3) is 0.533. The van der Waals surface area contributed by atoms with Crippen molar-refractivity contribution in [1.29, 1.82) is 0 Å². The number of aromatic nitrogens is 2. The molecule has 0 fully saturated rings. The minimum absolute atomic E-state index is 0.0579. The van der Waals surface area contributed by atoms with Crippen LogP contribution < -0.4 is 5.32 Å². The third-order valence-electron chi connectivity index (χ3n) is 4.23. The number of aryl methyl sites for hydroxylation is 1. The smallest absolute Gasteiger partial charge is 0.257 e. The van der Waals surface area contributed by atoms with Gasteiger partial charge in [-0.05, 0) is 25.8 Å². The predicted molar refractivity (Wildman–Crippen MR) is 79.0 cm³/mol. The molecule has 114 valence electrons. The van der Waals surface area contributed by atoms with Crippen LogP contribution in [0.5, 0.6) is 0 Å². The number of fused-ring (bicyclic) bond motifs is 1. The molecule has 6 nitrogen and oxygen atoms in total. The van der Waals surface area contributed by atoms with Crippen molar-refractivity contribution >= 4 is 17.0 Å². The van der Waals surface area contributed by atoms with Crippen LogP contribution in [0.3, 0.4) is 0 Å². The summed E-state index contributed by atoms with van der Waals surface area (Å²) in [4.78, 5) is 16.3. The molecule has 6 heteroatoms. The largest absolute Gasteiger partial charge is 0.396 e. The SMILES string of the molecule is CCC(CC)(CO)CNC(=O)c1cnc2onc(C)c2c1. The van der Waals surface area contributed by atoms with Gasteiger partial charge in [-0.1, -0.05) is 19.0 Å². The fourth-order valence-corrected chi connectivity index (χ4v) is 2.22. The van der Waals surface area contributed by atoms with Crippen LogP contribution in [0.4, 0.5) is 0 Å². The number of nitrogens with zero attached hydrogens (tertiary/aromatic N) is 2. The fourth-order valence-electron chi connectivity index (χ4n) is 2.22. The highest BCUT2D eigenvalue weighted by atomic mass is 16.5. The third kappa shape index (κ3) is 3.05. The Bertz CT molecular complexity index is 624. The number of amides is 1. The molecule has 2 N–H and O–H groups in total. The number of aliphatic hydroxyl groups excluding tert-OH is 1. The van der Waals surface area contributed by atoms with Gasteiger partial charge in [-0.15, -0.1) is 0 Å². The quantitative estimate of drug-likeness (QED) is 0.850. The summed E-state index contributed by atoms with van der Waals surface area (Å²) in [5.41, 5.74) is 1.34. The molecule has 0 saturated carbocycles. The number of hydrogen-bond acceptors (Lipinski definition) is 5. The first kappa shape index (κ1) is 15.4. The van der Waals surface area contributed by atoms with E-state index in [0.29, 0.717) is 23.5 Å². The molecule has 1 amide bonds. The number of aliphatic hydroxyl groups is 1. The summed E-state index contributed by atoms with van der Waals surface area (Å²) in [6.45, 7) is 6.33. The first-order valence-corrected chi connectivity index (χ1v) is 7.16. The van der Waals surface area contributed by atoms with E-state index >= 15 is 0 Å². The molecule has 21 heavy (non-hydrogen) atoms. The van der Waals surface area contributed by atoms with Crippen LogP contribution in [0, 0.1) is 12.3 Å². The number of hydrogen-bond donors (Lipinski definition) is 2. The normalized spacial score (nSPS) is 11.8. The lowest BCUT2D eigenvalue weighted by Gasteiger charge is -2.29. The van der Waals surface area contributed by atoms with E-state index in [0.717, 1.165) is 18.2 Å². The van der Waals surface area contributed by atoms with Gasteiger partial charge in [-0.3, -0.25) is 4.79 Å². The van der Waals surface area contributed by atoms with Gasteiger partial charge in [-0.25, -0.2) is 4.98 Å². The summed E-state index contributed by atoms with van der Waals surface area (Å²) in [6.07, 6.45) is 3.09. The topological polar surface area (TPSA) is 88.2 Å². The zero-order chi connectivity index (χ0) is 15.5. The van der Waals surface area contributed by atoms with Gasteiger partial charge in [-0.2, -0.15) is 0 Å². The molecule has 0 aliphatic carbocycles. The Hall–Kier alpha value is -1.95. The Balaban J connectivity index is 2.13. The molecule has 2 aromatic heterocycles. The number of nitrogens with one attached hydrogen (secondary N) is 1. The van der Waals surface area contributed by atoms with E-state index in [-0.39, 0.29) is 17.9 Å². The van der Waals surface area contributed by atoms with Gasteiger partial charge in [0.25, 0.3) is 11.6 Å². The Morgan fingerprint density at radius 1 is 1.43 bits per heavy atom. The lowest BCUT2D eigenvalue weighted by atomic mass is 9.83. The van der Waals surface area contributed by atoms with E-state index < -0.39 is 0 Å². The van der Waals surface area contributed by atoms with Gasteiger partial charge >= 0.3 is 0 Å². The van der Waals surface area contributed by atoms with Crippen molar-refractivity contribution in [2.24, 2.45) is 5.41 Å². The first-order chi connectivity index (χ1) is 10.0. The third-order valence-corrected chi connectivity index (χ3v) is 4.23. The van der Waals surface area contributed by atoms with Crippen LogP contribution >= 0.6 is 0 Å². The van der Waals surface area contributed by atoms with Crippen LogP contribution in [0.25, 0.3) is 11.1 Å². The lowest BCUT2D eigenvalue weighted by molar-refractivity contribution is 0.0851. The van der Waals surface area contributed by atoms with E-state index in [2.05, 4.69) is 15.5 Å². The summed E-state index contributed by atoms with van der Waals surface area (Å²) in [7, 11) is 0. The maximum absolute atomic E-state index is 12.2. The van der Waals surface area contributed by atoms with Gasteiger partial charge < -0.3 is 14.9 Å². The maximum atomic E-state index is 12.2. The second-order valence-corrected chi connectivity index (χ2v) is 5.39. The molecule has 2 heterocycles. The molecule has 0 aliphatic rings. The minimum atomic E-state index is -0.264. The maximum Gasteiger partial charge on any atom is 0.257 e.